The fourth-order valence-electron chi connectivity index (χ4n) is 3.33. The van der Waals surface area contributed by atoms with Crippen molar-refractivity contribution in [3.8, 4) is 0 Å². The van der Waals surface area contributed by atoms with Crippen LogP contribution in [0.3, 0.4) is 0 Å². The Hall–Kier alpha value is -1.47. The Morgan fingerprint density at radius 2 is 2.09 bits per heavy atom. The Balaban J connectivity index is 1.67. The molecule has 2 aliphatic rings. The molecule has 3 heterocycles. The Morgan fingerprint density at radius 1 is 1.32 bits per heavy atom. The van der Waals surface area contributed by atoms with E-state index in [9.17, 15) is 4.79 Å². The number of carbonyl (C=O) groups excluding carboxylic acids is 1. The number of hydrogen-bond donors (Lipinski definition) is 1. The minimum Gasteiger partial charge on any atom is -0.381 e. The first-order valence-electron chi connectivity index (χ1n) is 8.08. The summed E-state index contributed by atoms with van der Waals surface area (Å²) in [6.45, 7) is 2.95. The summed E-state index contributed by atoms with van der Waals surface area (Å²) >= 11 is 0. The molecule has 0 atom stereocenters. The highest BCUT2D eigenvalue weighted by atomic mass is 16.5. The maximum atomic E-state index is 12.5. The zero-order chi connectivity index (χ0) is 15.6. The van der Waals surface area contributed by atoms with Crippen LogP contribution in [-0.4, -0.2) is 65.0 Å². The van der Waals surface area contributed by atoms with Crippen LogP contribution in [0.5, 0.6) is 0 Å². The number of ether oxygens (including phenoxy) is 1. The number of nitrogens with one attached hydrogen (secondary N) is 1. The Labute approximate surface area is 131 Å². The number of aromatic nitrogens is 3. The van der Waals surface area contributed by atoms with Gasteiger partial charge < -0.3 is 19.5 Å². The fraction of sp³-hybridized carbons (Fsp3) is 0.800. The quantitative estimate of drug-likeness (QED) is 0.875. The molecule has 0 aromatic carbocycles. The summed E-state index contributed by atoms with van der Waals surface area (Å²) < 4.78 is 7.43. The largest absolute Gasteiger partial charge is 0.381 e. The molecular formula is C15H25N5O2. The molecule has 0 unspecified atom stereocenters. The summed E-state index contributed by atoms with van der Waals surface area (Å²) in [5.41, 5.74) is -0.0291. The van der Waals surface area contributed by atoms with Crippen LogP contribution in [0.4, 0.5) is 0 Å². The number of rotatable bonds is 4. The average molecular weight is 307 g/mol. The van der Waals surface area contributed by atoms with Gasteiger partial charge in [0.25, 0.3) is 5.91 Å². The lowest BCUT2D eigenvalue weighted by molar-refractivity contribution is -0.00664. The van der Waals surface area contributed by atoms with E-state index in [0.717, 1.165) is 57.7 Å². The van der Waals surface area contributed by atoms with Crippen molar-refractivity contribution in [2.45, 2.75) is 44.2 Å². The number of amides is 1. The maximum Gasteiger partial charge on any atom is 0.289 e. The topological polar surface area (TPSA) is 72.3 Å². The second kappa shape index (κ2) is 6.34. The molecule has 3 rings (SSSR count). The molecular weight excluding hydrogens is 282 g/mol. The van der Waals surface area contributed by atoms with Crippen molar-refractivity contribution >= 4 is 5.91 Å². The summed E-state index contributed by atoms with van der Waals surface area (Å²) in [7, 11) is 4.13. The van der Waals surface area contributed by atoms with Crippen molar-refractivity contribution in [2.75, 3.05) is 33.9 Å². The van der Waals surface area contributed by atoms with Crippen LogP contribution in [0.1, 0.15) is 42.1 Å². The minimum absolute atomic E-state index is 0.0291. The van der Waals surface area contributed by atoms with Crippen LogP contribution >= 0.6 is 0 Å². The van der Waals surface area contributed by atoms with E-state index in [1.807, 2.05) is 4.57 Å². The molecule has 1 aromatic heterocycles. The molecule has 1 amide bonds. The van der Waals surface area contributed by atoms with Gasteiger partial charge in [-0.25, -0.2) is 0 Å². The summed E-state index contributed by atoms with van der Waals surface area (Å²) in [5, 5.41) is 11.3. The number of carbonyl (C=O) groups is 1. The first-order chi connectivity index (χ1) is 10.6. The molecule has 2 aliphatic heterocycles. The van der Waals surface area contributed by atoms with Crippen LogP contribution in [-0.2, 0) is 17.7 Å². The summed E-state index contributed by atoms with van der Waals surface area (Å²) in [6.07, 6.45) is 4.99. The van der Waals surface area contributed by atoms with E-state index in [4.69, 9.17) is 4.74 Å². The summed E-state index contributed by atoms with van der Waals surface area (Å²) in [6, 6.07) is 0. The molecule has 1 N–H and O–H groups in total. The van der Waals surface area contributed by atoms with Gasteiger partial charge in [0, 0.05) is 38.3 Å². The van der Waals surface area contributed by atoms with Gasteiger partial charge in [0.2, 0.25) is 5.82 Å². The number of fused-ring (bicyclic) bond motifs is 1. The number of likely N-dealkylation sites (N-methyl/N-ethyl adjacent to an activating group) is 1. The van der Waals surface area contributed by atoms with Gasteiger partial charge in [0.1, 0.15) is 5.82 Å². The molecule has 0 aliphatic carbocycles. The first kappa shape index (κ1) is 15.4. The van der Waals surface area contributed by atoms with Crippen LogP contribution in [0.2, 0.25) is 0 Å². The van der Waals surface area contributed by atoms with Crippen LogP contribution in [0.25, 0.3) is 0 Å². The Kier molecular flexibility index (Phi) is 4.44. The SMILES string of the molecule is CN(C)C1(CNC(=O)c2nnc3n2CCCC3)CCOCC1. The predicted molar refractivity (Wildman–Crippen MR) is 81.8 cm³/mol. The second-order valence-electron chi connectivity index (χ2n) is 6.46. The van der Waals surface area contributed by atoms with Gasteiger partial charge in [0.05, 0.1) is 0 Å². The minimum atomic E-state index is -0.117. The van der Waals surface area contributed by atoms with Crippen molar-refractivity contribution in [3.05, 3.63) is 11.6 Å². The number of aryl methyl sites for hydroxylation is 1. The normalized spacial score (nSPS) is 20.7. The van der Waals surface area contributed by atoms with E-state index in [1.54, 1.807) is 0 Å². The highest BCUT2D eigenvalue weighted by Gasteiger charge is 2.35. The molecule has 0 spiro atoms. The van der Waals surface area contributed by atoms with E-state index < -0.39 is 0 Å². The van der Waals surface area contributed by atoms with Crippen molar-refractivity contribution in [3.63, 3.8) is 0 Å². The molecule has 22 heavy (non-hydrogen) atoms. The highest BCUT2D eigenvalue weighted by molar-refractivity contribution is 5.90. The summed E-state index contributed by atoms with van der Waals surface area (Å²) in [4.78, 5) is 14.7. The molecule has 7 heteroatoms. The highest BCUT2D eigenvalue weighted by Crippen LogP contribution is 2.25. The van der Waals surface area contributed by atoms with Gasteiger partial charge in [-0.2, -0.15) is 0 Å². The lowest BCUT2D eigenvalue weighted by Gasteiger charge is -2.42. The van der Waals surface area contributed by atoms with Gasteiger partial charge in [0.15, 0.2) is 0 Å². The molecule has 7 nitrogen and oxygen atoms in total. The third-order valence-corrected chi connectivity index (χ3v) is 5.01. The lowest BCUT2D eigenvalue weighted by Crippen LogP contribution is -2.55. The van der Waals surface area contributed by atoms with Gasteiger partial charge >= 0.3 is 0 Å². The molecule has 0 saturated carbocycles. The molecule has 1 fully saturated rings. The van der Waals surface area contributed by atoms with Gasteiger partial charge in [-0.05, 0) is 39.8 Å². The number of nitrogens with zero attached hydrogens (tertiary/aromatic N) is 4. The molecule has 122 valence electrons. The van der Waals surface area contributed by atoms with E-state index in [0.29, 0.717) is 12.4 Å². The smallest absolute Gasteiger partial charge is 0.289 e. The van der Waals surface area contributed by atoms with Gasteiger partial charge in [-0.15, -0.1) is 10.2 Å². The van der Waals surface area contributed by atoms with Crippen molar-refractivity contribution in [1.29, 1.82) is 0 Å². The molecule has 1 aromatic rings. The lowest BCUT2D eigenvalue weighted by atomic mass is 9.88. The van der Waals surface area contributed by atoms with Crippen molar-refractivity contribution < 1.29 is 9.53 Å². The van der Waals surface area contributed by atoms with Crippen LogP contribution < -0.4 is 5.32 Å². The van der Waals surface area contributed by atoms with E-state index in [-0.39, 0.29) is 11.4 Å². The van der Waals surface area contributed by atoms with Crippen molar-refractivity contribution in [2.24, 2.45) is 0 Å². The molecule has 0 bridgehead atoms. The third kappa shape index (κ3) is 2.87. The Bertz CT molecular complexity index is 534. The van der Waals surface area contributed by atoms with E-state index in [2.05, 4.69) is 34.5 Å². The van der Waals surface area contributed by atoms with E-state index in [1.165, 1.54) is 0 Å². The van der Waals surface area contributed by atoms with Gasteiger partial charge in [-0.1, -0.05) is 0 Å². The maximum absolute atomic E-state index is 12.5. The van der Waals surface area contributed by atoms with Gasteiger partial charge in [-0.3, -0.25) is 4.79 Å². The van der Waals surface area contributed by atoms with E-state index >= 15 is 0 Å². The first-order valence-corrected chi connectivity index (χ1v) is 8.08. The Morgan fingerprint density at radius 3 is 2.82 bits per heavy atom. The molecule has 1 saturated heterocycles. The fourth-order valence-corrected chi connectivity index (χ4v) is 3.33. The zero-order valence-corrected chi connectivity index (χ0v) is 13.5. The third-order valence-electron chi connectivity index (χ3n) is 5.01. The summed E-state index contributed by atoms with van der Waals surface area (Å²) in [5.74, 6) is 1.27. The van der Waals surface area contributed by atoms with Crippen LogP contribution in [0, 0.1) is 0 Å². The monoisotopic (exact) mass is 307 g/mol. The average Bonchev–Trinajstić information content (AvgIpc) is 2.97. The second-order valence-corrected chi connectivity index (χ2v) is 6.46. The van der Waals surface area contributed by atoms with Crippen LogP contribution in [0.15, 0.2) is 0 Å². The van der Waals surface area contributed by atoms with Crippen molar-refractivity contribution in [1.82, 2.24) is 25.0 Å². The zero-order valence-electron chi connectivity index (χ0n) is 13.5. The number of hydrogen-bond acceptors (Lipinski definition) is 5. The molecule has 0 radical (unpaired) electrons. The standard InChI is InChI=1S/C15H25N5O2/c1-19(2)15(6-9-22-10-7-15)11-16-14(21)13-18-17-12-5-3-4-8-20(12)13/h3-11H2,1-2H3,(H,16,21). The predicted octanol–water partition coefficient (Wildman–Crippen LogP) is 0.455.